The Labute approximate surface area is 42.6 Å². The first-order chi connectivity index (χ1) is 3.00. The van der Waals surface area contributed by atoms with Crippen molar-refractivity contribution >= 4 is 11.8 Å². The van der Waals surface area contributed by atoms with Gasteiger partial charge in [-0.2, -0.15) is 11.8 Å². The number of hydrogen-bond acceptors (Lipinski definition) is 1. The lowest BCUT2D eigenvalue weighted by atomic mass is 10.4. The summed E-state index contributed by atoms with van der Waals surface area (Å²) >= 11 is 1.98. The molecule has 1 aliphatic rings. The first-order valence-electron chi connectivity index (χ1n) is 2.13. The highest BCUT2D eigenvalue weighted by molar-refractivity contribution is 7.99. The maximum Gasteiger partial charge on any atom is 0.0119 e. The van der Waals surface area contributed by atoms with Crippen LogP contribution in [0.1, 0.15) is 6.42 Å². The van der Waals surface area contributed by atoms with Crippen molar-refractivity contribution in [3.8, 4) is 0 Å². The van der Waals surface area contributed by atoms with Crippen LogP contribution in [-0.2, 0) is 0 Å². The van der Waals surface area contributed by atoms with Crippen LogP contribution in [0.4, 0.5) is 0 Å². The summed E-state index contributed by atoms with van der Waals surface area (Å²) in [5.41, 5.74) is 0. The molecule has 0 N–H and O–H groups in total. The van der Waals surface area contributed by atoms with Crippen molar-refractivity contribution in [2.75, 3.05) is 11.5 Å². The molecular formula is C5H7S. The zero-order valence-electron chi connectivity index (χ0n) is 3.61. The smallest absolute Gasteiger partial charge is 0.0119 e. The van der Waals surface area contributed by atoms with Crippen LogP contribution in [0.15, 0.2) is 6.08 Å². The highest BCUT2D eigenvalue weighted by Gasteiger charge is 1.87. The maximum atomic E-state index is 3.14. The van der Waals surface area contributed by atoms with E-state index < -0.39 is 0 Å². The van der Waals surface area contributed by atoms with Crippen molar-refractivity contribution < 1.29 is 0 Å². The summed E-state index contributed by atoms with van der Waals surface area (Å²) in [6.45, 7) is 0. The van der Waals surface area contributed by atoms with E-state index in [0.717, 1.165) is 6.42 Å². The number of rotatable bonds is 0. The Morgan fingerprint density at radius 3 is 2.83 bits per heavy atom. The molecule has 1 aliphatic heterocycles. The van der Waals surface area contributed by atoms with Gasteiger partial charge in [-0.05, 0) is 18.2 Å². The zero-order chi connectivity index (χ0) is 4.24. The van der Waals surface area contributed by atoms with Gasteiger partial charge in [0.2, 0.25) is 0 Å². The molecule has 0 bridgehead atoms. The molecule has 0 saturated heterocycles. The fourth-order valence-electron chi connectivity index (χ4n) is 0.434. The quantitative estimate of drug-likeness (QED) is 0.443. The SMILES string of the molecule is [C]1=CCSCC1. The maximum absolute atomic E-state index is 3.14. The molecule has 1 rings (SSSR count). The van der Waals surface area contributed by atoms with Gasteiger partial charge in [0.1, 0.15) is 0 Å². The third-order valence-electron chi connectivity index (χ3n) is 0.736. The second kappa shape index (κ2) is 2.30. The van der Waals surface area contributed by atoms with E-state index in [0.29, 0.717) is 0 Å². The summed E-state index contributed by atoms with van der Waals surface area (Å²) in [6.07, 6.45) is 6.40. The van der Waals surface area contributed by atoms with Gasteiger partial charge in [0.05, 0.1) is 0 Å². The van der Waals surface area contributed by atoms with Gasteiger partial charge in [-0.15, -0.1) is 0 Å². The second-order valence-electron chi connectivity index (χ2n) is 1.23. The molecule has 0 aromatic carbocycles. The Kier molecular flexibility index (Phi) is 1.63. The minimum Gasteiger partial charge on any atom is -0.157 e. The topological polar surface area (TPSA) is 0 Å². The van der Waals surface area contributed by atoms with E-state index in [9.17, 15) is 0 Å². The minimum atomic E-state index is 1.16. The van der Waals surface area contributed by atoms with Crippen LogP contribution in [-0.4, -0.2) is 11.5 Å². The average Bonchev–Trinajstić information content (AvgIpc) is 1.72. The van der Waals surface area contributed by atoms with Gasteiger partial charge in [-0.1, -0.05) is 6.08 Å². The fourth-order valence-corrected chi connectivity index (χ4v) is 1.10. The van der Waals surface area contributed by atoms with Gasteiger partial charge >= 0.3 is 0 Å². The van der Waals surface area contributed by atoms with Crippen LogP contribution >= 0.6 is 11.8 Å². The summed E-state index contributed by atoms with van der Waals surface area (Å²) in [5.74, 6) is 2.45. The van der Waals surface area contributed by atoms with Crippen LogP contribution in [0.5, 0.6) is 0 Å². The molecule has 0 fully saturated rings. The van der Waals surface area contributed by atoms with E-state index in [2.05, 4.69) is 12.2 Å². The Balaban J connectivity index is 2.26. The van der Waals surface area contributed by atoms with Gasteiger partial charge in [-0.25, -0.2) is 0 Å². The van der Waals surface area contributed by atoms with Crippen LogP contribution in [0, 0.1) is 6.08 Å². The van der Waals surface area contributed by atoms with Gasteiger partial charge in [0, 0.05) is 5.75 Å². The summed E-state index contributed by atoms with van der Waals surface area (Å²) in [4.78, 5) is 0. The Morgan fingerprint density at radius 2 is 2.67 bits per heavy atom. The molecule has 6 heavy (non-hydrogen) atoms. The predicted molar refractivity (Wildman–Crippen MR) is 29.8 cm³/mol. The lowest BCUT2D eigenvalue weighted by molar-refractivity contribution is 1.18. The number of allylic oxidation sites excluding steroid dienone is 1. The molecule has 0 nitrogen and oxygen atoms in total. The molecule has 1 heteroatoms. The lowest BCUT2D eigenvalue weighted by Crippen LogP contribution is -1.83. The van der Waals surface area contributed by atoms with E-state index in [1.807, 2.05) is 11.8 Å². The van der Waals surface area contributed by atoms with Gasteiger partial charge < -0.3 is 0 Å². The molecular weight excluding hydrogens is 92.1 g/mol. The molecule has 0 spiro atoms. The first kappa shape index (κ1) is 4.25. The van der Waals surface area contributed by atoms with E-state index in [-0.39, 0.29) is 0 Å². The highest BCUT2D eigenvalue weighted by atomic mass is 32.2. The van der Waals surface area contributed by atoms with Crippen molar-refractivity contribution in [2.24, 2.45) is 0 Å². The summed E-state index contributed by atoms with van der Waals surface area (Å²) in [7, 11) is 0. The van der Waals surface area contributed by atoms with Crippen LogP contribution in [0.2, 0.25) is 0 Å². The molecule has 1 radical (unpaired) electrons. The fraction of sp³-hybridized carbons (Fsp3) is 0.600. The molecule has 0 atom stereocenters. The van der Waals surface area contributed by atoms with E-state index in [4.69, 9.17) is 0 Å². The Morgan fingerprint density at radius 1 is 1.67 bits per heavy atom. The van der Waals surface area contributed by atoms with Crippen molar-refractivity contribution in [3.63, 3.8) is 0 Å². The van der Waals surface area contributed by atoms with Crippen LogP contribution in [0.3, 0.4) is 0 Å². The molecule has 0 amide bonds. The van der Waals surface area contributed by atoms with E-state index >= 15 is 0 Å². The molecule has 33 valence electrons. The predicted octanol–water partition coefficient (Wildman–Crippen LogP) is 1.48. The third-order valence-corrected chi connectivity index (χ3v) is 1.63. The summed E-state index contributed by atoms with van der Waals surface area (Å²) < 4.78 is 0. The van der Waals surface area contributed by atoms with Crippen molar-refractivity contribution in [3.05, 3.63) is 12.2 Å². The Hall–Kier alpha value is 0.0900. The van der Waals surface area contributed by atoms with E-state index in [1.54, 1.807) is 0 Å². The molecule has 0 aromatic heterocycles. The average molecular weight is 99.2 g/mol. The normalized spacial score (nSPS) is 21.3. The molecule has 0 aromatic rings. The molecule has 0 unspecified atom stereocenters. The third kappa shape index (κ3) is 1.05. The van der Waals surface area contributed by atoms with Gasteiger partial charge in [0.25, 0.3) is 0 Å². The molecule has 1 heterocycles. The monoisotopic (exact) mass is 99.0 g/mol. The molecule has 0 aliphatic carbocycles. The van der Waals surface area contributed by atoms with E-state index in [1.165, 1.54) is 11.5 Å². The number of thioether (sulfide) groups is 1. The number of hydrogen-bond donors (Lipinski definition) is 0. The van der Waals surface area contributed by atoms with Crippen LogP contribution < -0.4 is 0 Å². The first-order valence-corrected chi connectivity index (χ1v) is 3.28. The van der Waals surface area contributed by atoms with Gasteiger partial charge in [0.15, 0.2) is 0 Å². The highest BCUT2D eigenvalue weighted by Crippen LogP contribution is 2.07. The minimum absolute atomic E-state index is 1.16. The summed E-state index contributed by atoms with van der Waals surface area (Å²) in [5, 5.41) is 0. The second-order valence-corrected chi connectivity index (χ2v) is 2.38. The summed E-state index contributed by atoms with van der Waals surface area (Å²) in [6, 6.07) is 0. The standard InChI is InChI=1S/C5H7S/c1-2-4-6-5-3-1/h2H,3-5H2. The van der Waals surface area contributed by atoms with Crippen molar-refractivity contribution in [1.29, 1.82) is 0 Å². The molecule has 0 saturated carbocycles. The van der Waals surface area contributed by atoms with Crippen LogP contribution in [0.25, 0.3) is 0 Å². The largest absolute Gasteiger partial charge is 0.157 e. The zero-order valence-corrected chi connectivity index (χ0v) is 4.42. The van der Waals surface area contributed by atoms with Gasteiger partial charge in [-0.3, -0.25) is 0 Å². The Bertz CT molecular complexity index is 49.0. The van der Waals surface area contributed by atoms with Crippen molar-refractivity contribution in [2.45, 2.75) is 6.42 Å². The lowest BCUT2D eigenvalue weighted by Gasteiger charge is -1.97. The van der Waals surface area contributed by atoms with Crippen molar-refractivity contribution in [1.82, 2.24) is 0 Å².